The number of nitrogens with zero attached hydrogens (tertiary/aromatic N) is 3. The third kappa shape index (κ3) is 2.08. The summed E-state index contributed by atoms with van der Waals surface area (Å²) in [6.07, 6.45) is 2.78. The molecule has 0 aromatic carbocycles. The molecule has 1 amide bonds. The standard InChI is InChI=1S/C9H14N3O/c1-7-8(2)12(6-10-7)5-9(13)11(3)4/h5H2,1-4H3. The minimum absolute atomic E-state index is 0.0525. The maximum Gasteiger partial charge on any atom is 0.242 e. The minimum atomic E-state index is 0.0525. The lowest BCUT2D eigenvalue weighted by Gasteiger charge is -2.11. The summed E-state index contributed by atoms with van der Waals surface area (Å²) >= 11 is 0. The molecule has 4 nitrogen and oxygen atoms in total. The van der Waals surface area contributed by atoms with Gasteiger partial charge in [-0.15, -0.1) is 0 Å². The molecular weight excluding hydrogens is 166 g/mol. The number of imidazole rings is 1. The van der Waals surface area contributed by atoms with Gasteiger partial charge in [0.1, 0.15) is 6.54 Å². The van der Waals surface area contributed by atoms with Crippen molar-refractivity contribution in [2.24, 2.45) is 0 Å². The highest BCUT2D eigenvalue weighted by atomic mass is 16.2. The Morgan fingerprint density at radius 3 is 2.54 bits per heavy atom. The molecule has 13 heavy (non-hydrogen) atoms. The fourth-order valence-electron chi connectivity index (χ4n) is 0.917. The Balaban J connectivity index is 2.75. The van der Waals surface area contributed by atoms with E-state index in [0.29, 0.717) is 6.54 Å². The molecule has 4 heteroatoms. The van der Waals surface area contributed by atoms with Crippen LogP contribution in [0.4, 0.5) is 0 Å². The molecule has 0 N–H and O–H groups in total. The lowest BCUT2D eigenvalue weighted by molar-refractivity contribution is -0.129. The van der Waals surface area contributed by atoms with Crippen LogP contribution in [0.15, 0.2) is 0 Å². The molecule has 1 aromatic rings. The highest BCUT2D eigenvalue weighted by Crippen LogP contribution is 2.03. The van der Waals surface area contributed by atoms with Crippen LogP contribution in [0.5, 0.6) is 0 Å². The summed E-state index contributed by atoms with van der Waals surface area (Å²) in [5.74, 6) is 0.0525. The van der Waals surface area contributed by atoms with Crippen LogP contribution >= 0.6 is 0 Å². The van der Waals surface area contributed by atoms with Gasteiger partial charge in [0, 0.05) is 19.8 Å². The lowest BCUT2D eigenvalue weighted by atomic mass is 10.4. The first-order chi connectivity index (χ1) is 6.02. The molecule has 0 aliphatic carbocycles. The first-order valence-electron chi connectivity index (χ1n) is 4.14. The predicted octanol–water partition coefficient (Wildman–Crippen LogP) is 0.388. The normalized spacial score (nSPS) is 10.2. The van der Waals surface area contributed by atoms with Gasteiger partial charge >= 0.3 is 0 Å². The summed E-state index contributed by atoms with van der Waals surface area (Å²) in [6, 6.07) is 0. The number of carbonyl (C=O) groups is 1. The van der Waals surface area contributed by atoms with Crippen LogP contribution < -0.4 is 0 Å². The number of amides is 1. The molecule has 1 heterocycles. The lowest BCUT2D eigenvalue weighted by Crippen LogP contribution is -2.26. The van der Waals surface area contributed by atoms with Crippen LogP contribution in [0.25, 0.3) is 0 Å². The number of rotatable bonds is 2. The van der Waals surface area contributed by atoms with E-state index in [4.69, 9.17) is 0 Å². The third-order valence-corrected chi connectivity index (χ3v) is 2.06. The fourth-order valence-corrected chi connectivity index (χ4v) is 0.917. The van der Waals surface area contributed by atoms with Crippen molar-refractivity contribution in [2.45, 2.75) is 20.4 Å². The van der Waals surface area contributed by atoms with Gasteiger partial charge in [-0.2, -0.15) is 0 Å². The summed E-state index contributed by atoms with van der Waals surface area (Å²) in [4.78, 5) is 16.9. The SMILES string of the molecule is Cc1n[c]n(CC(=O)N(C)C)c1C. The van der Waals surface area contributed by atoms with Gasteiger partial charge in [-0.25, -0.2) is 4.98 Å². The third-order valence-electron chi connectivity index (χ3n) is 2.06. The number of hydrogen-bond acceptors (Lipinski definition) is 2. The number of hydrogen-bond donors (Lipinski definition) is 0. The van der Waals surface area contributed by atoms with Crippen LogP contribution in [0.1, 0.15) is 11.4 Å². The Morgan fingerprint density at radius 1 is 1.54 bits per heavy atom. The summed E-state index contributed by atoms with van der Waals surface area (Å²) in [6.45, 7) is 4.16. The Morgan fingerprint density at radius 2 is 2.15 bits per heavy atom. The van der Waals surface area contributed by atoms with Crippen molar-refractivity contribution < 1.29 is 4.79 Å². The molecule has 0 aliphatic heterocycles. The van der Waals surface area contributed by atoms with Crippen LogP contribution in [0.3, 0.4) is 0 Å². The van der Waals surface area contributed by atoms with Gasteiger partial charge in [0.05, 0.1) is 5.69 Å². The molecule has 1 radical (unpaired) electrons. The number of aromatic nitrogens is 2. The smallest absolute Gasteiger partial charge is 0.242 e. The quantitative estimate of drug-likeness (QED) is 0.660. The van der Waals surface area contributed by atoms with Gasteiger partial charge in [-0.1, -0.05) is 0 Å². The van der Waals surface area contributed by atoms with Crippen LogP contribution in [0, 0.1) is 20.2 Å². The van der Waals surface area contributed by atoms with E-state index < -0.39 is 0 Å². The Kier molecular flexibility index (Phi) is 2.70. The molecule has 0 bridgehead atoms. The van der Waals surface area contributed by atoms with E-state index in [9.17, 15) is 4.79 Å². The molecule has 71 valence electrons. The van der Waals surface area contributed by atoms with Crippen molar-refractivity contribution in [3.8, 4) is 0 Å². The molecule has 1 aromatic heterocycles. The summed E-state index contributed by atoms with van der Waals surface area (Å²) in [5.41, 5.74) is 1.92. The van der Waals surface area contributed by atoms with Gasteiger partial charge in [-0.05, 0) is 13.8 Å². The van der Waals surface area contributed by atoms with Gasteiger partial charge in [0.25, 0.3) is 0 Å². The largest absolute Gasteiger partial charge is 0.347 e. The summed E-state index contributed by atoms with van der Waals surface area (Å²) in [5, 5.41) is 0. The molecule has 1 rings (SSSR count). The van der Waals surface area contributed by atoms with Crippen LogP contribution in [-0.2, 0) is 11.3 Å². The summed E-state index contributed by atoms with van der Waals surface area (Å²) in [7, 11) is 3.48. The Labute approximate surface area is 78.2 Å². The topological polar surface area (TPSA) is 38.1 Å². The second-order valence-corrected chi connectivity index (χ2v) is 3.26. The van der Waals surface area contributed by atoms with Crippen molar-refractivity contribution >= 4 is 5.91 Å². The van der Waals surface area contributed by atoms with Crippen LogP contribution in [-0.4, -0.2) is 34.5 Å². The Bertz CT molecular complexity index is 315. The molecule has 0 fully saturated rings. The van der Waals surface area contributed by atoms with Crippen LogP contribution in [0.2, 0.25) is 0 Å². The van der Waals surface area contributed by atoms with E-state index in [2.05, 4.69) is 11.3 Å². The Hall–Kier alpha value is -1.32. The van der Waals surface area contributed by atoms with Crippen molar-refractivity contribution in [1.29, 1.82) is 0 Å². The van der Waals surface area contributed by atoms with Crippen molar-refractivity contribution in [3.05, 3.63) is 17.7 Å². The van der Waals surface area contributed by atoms with E-state index in [-0.39, 0.29) is 5.91 Å². The van der Waals surface area contributed by atoms with Gasteiger partial charge in [0.15, 0.2) is 6.33 Å². The first kappa shape index (κ1) is 9.77. The highest BCUT2D eigenvalue weighted by Gasteiger charge is 2.08. The summed E-state index contributed by atoms with van der Waals surface area (Å²) < 4.78 is 1.73. The molecule has 0 aliphatic rings. The maximum atomic E-state index is 11.3. The monoisotopic (exact) mass is 180 g/mol. The fraction of sp³-hybridized carbons (Fsp3) is 0.556. The van der Waals surface area contributed by atoms with E-state index >= 15 is 0 Å². The zero-order valence-corrected chi connectivity index (χ0v) is 8.46. The van der Waals surface area contributed by atoms with Crippen molar-refractivity contribution in [1.82, 2.24) is 14.5 Å². The van der Waals surface area contributed by atoms with Gasteiger partial charge < -0.3 is 9.47 Å². The van der Waals surface area contributed by atoms with E-state index in [1.54, 1.807) is 23.6 Å². The number of likely N-dealkylation sites (N-methyl/N-ethyl adjacent to an activating group) is 1. The molecular formula is C9H14N3O. The zero-order valence-electron chi connectivity index (χ0n) is 8.46. The zero-order chi connectivity index (χ0) is 10.0. The second-order valence-electron chi connectivity index (χ2n) is 3.26. The van der Waals surface area contributed by atoms with Gasteiger partial charge in [-0.3, -0.25) is 4.79 Å². The number of aryl methyl sites for hydroxylation is 1. The van der Waals surface area contributed by atoms with E-state index in [1.165, 1.54) is 0 Å². The molecule has 0 saturated carbocycles. The number of carbonyl (C=O) groups excluding carboxylic acids is 1. The molecule has 0 atom stereocenters. The predicted molar refractivity (Wildman–Crippen MR) is 49.2 cm³/mol. The first-order valence-corrected chi connectivity index (χ1v) is 4.14. The maximum absolute atomic E-state index is 11.3. The van der Waals surface area contributed by atoms with E-state index in [1.807, 2.05) is 13.8 Å². The molecule has 0 saturated heterocycles. The van der Waals surface area contributed by atoms with E-state index in [0.717, 1.165) is 11.4 Å². The minimum Gasteiger partial charge on any atom is -0.347 e. The molecule has 0 spiro atoms. The van der Waals surface area contributed by atoms with Crippen molar-refractivity contribution in [2.75, 3.05) is 14.1 Å². The average Bonchev–Trinajstić information content (AvgIpc) is 2.36. The molecule has 0 unspecified atom stereocenters. The average molecular weight is 180 g/mol. The highest BCUT2D eigenvalue weighted by molar-refractivity contribution is 5.75. The second kappa shape index (κ2) is 3.60. The van der Waals surface area contributed by atoms with Gasteiger partial charge in [0.2, 0.25) is 5.91 Å². The van der Waals surface area contributed by atoms with Crippen molar-refractivity contribution in [3.63, 3.8) is 0 Å².